The average molecular weight is 476 g/mol. The second kappa shape index (κ2) is 8.95. The van der Waals surface area contributed by atoms with Crippen LogP contribution in [-0.2, 0) is 6.18 Å². The molecule has 33 heavy (non-hydrogen) atoms. The SMILES string of the molecule is CN(C)C1(C(NC(=O)c2cc(C(F)(F)F)nc3ccc(Cl)cc23)c2ccccc2)CCCC1. The van der Waals surface area contributed by atoms with Crippen molar-refractivity contribution in [3.05, 3.63) is 76.4 Å². The number of amides is 1. The summed E-state index contributed by atoms with van der Waals surface area (Å²) in [6.45, 7) is 0. The normalized spacial score (nSPS) is 16.8. The molecule has 0 saturated heterocycles. The lowest BCUT2D eigenvalue weighted by Gasteiger charge is -2.44. The molecule has 4 rings (SSSR count). The van der Waals surface area contributed by atoms with E-state index in [1.165, 1.54) is 18.2 Å². The molecule has 3 aromatic rings. The van der Waals surface area contributed by atoms with Crippen LogP contribution in [0.25, 0.3) is 10.9 Å². The largest absolute Gasteiger partial charge is 0.433 e. The summed E-state index contributed by atoms with van der Waals surface area (Å²) in [5.41, 5.74) is -0.568. The molecule has 1 unspecified atom stereocenters. The molecule has 4 nitrogen and oxygen atoms in total. The second-order valence-corrected chi connectivity index (χ2v) is 9.17. The maximum absolute atomic E-state index is 13.6. The van der Waals surface area contributed by atoms with Crippen molar-refractivity contribution in [3.8, 4) is 0 Å². The number of likely N-dealkylation sites (N-methyl/N-ethyl adjacent to an activating group) is 1. The van der Waals surface area contributed by atoms with Crippen LogP contribution in [0.15, 0.2) is 54.6 Å². The summed E-state index contributed by atoms with van der Waals surface area (Å²) in [6, 6.07) is 14.3. The van der Waals surface area contributed by atoms with Crippen LogP contribution in [0.5, 0.6) is 0 Å². The van der Waals surface area contributed by atoms with Gasteiger partial charge in [0, 0.05) is 15.9 Å². The summed E-state index contributed by atoms with van der Waals surface area (Å²) in [6.07, 6.45) is -0.905. The van der Waals surface area contributed by atoms with E-state index in [9.17, 15) is 18.0 Å². The minimum Gasteiger partial charge on any atom is -0.343 e. The predicted octanol–water partition coefficient (Wildman–Crippen LogP) is 6.25. The van der Waals surface area contributed by atoms with E-state index in [2.05, 4.69) is 15.2 Å². The molecule has 2 aromatic carbocycles. The fourth-order valence-corrected chi connectivity index (χ4v) is 5.07. The number of carbonyl (C=O) groups excluding carboxylic acids is 1. The highest BCUT2D eigenvalue weighted by atomic mass is 35.5. The smallest absolute Gasteiger partial charge is 0.343 e. The van der Waals surface area contributed by atoms with Crippen molar-refractivity contribution in [3.63, 3.8) is 0 Å². The molecule has 1 atom stereocenters. The van der Waals surface area contributed by atoms with Gasteiger partial charge in [0.05, 0.1) is 17.1 Å². The molecule has 1 aliphatic rings. The number of benzene rings is 2. The van der Waals surface area contributed by atoms with Crippen molar-refractivity contribution >= 4 is 28.4 Å². The quantitative estimate of drug-likeness (QED) is 0.474. The van der Waals surface area contributed by atoms with Gasteiger partial charge in [-0.3, -0.25) is 4.79 Å². The third-order valence-corrected chi connectivity index (χ3v) is 6.85. The van der Waals surface area contributed by atoms with Crippen LogP contribution in [0.4, 0.5) is 13.2 Å². The van der Waals surface area contributed by atoms with Gasteiger partial charge in [-0.2, -0.15) is 13.2 Å². The molecule has 1 amide bonds. The number of carbonyl (C=O) groups is 1. The number of nitrogens with one attached hydrogen (secondary N) is 1. The van der Waals surface area contributed by atoms with Crippen LogP contribution >= 0.6 is 11.6 Å². The van der Waals surface area contributed by atoms with Gasteiger partial charge >= 0.3 is 6.18 Å². The van der Waals surface area contributed by atoms with Gasteiger partial charge in [-0.05, 0) is 56.8 Å². The molecule has 1 N–H and O–H groups in total. The highest BCUT2D eigenvalue weighted by Crippen LogP contribution is 2.44. The zero-order chi connectivity index (χ0) is 23.8. The Morgan fingerprint density at radius 3 is 2.36 bits per heavy atom. The fraction of sp³-hybridized carbons (Fsp3) is 0.360. The molecule has 1 aliphatic carbocycles. The molecule has 0 aliphatic heterocycles. The molecule has 0 bridgehead atoms. The molecule has 1 aromatic heterocycles. The van der Waals surface area contributed by atoms with E-state index in [0.29, 0.717) is 5.02 Å². The van der Waals surface area contributed by atoms with E-state index in [0.717, 1.165) is 37.3 Å². The first kappa shape index (κ1) is 23.5. The van der Waals surface area contributed by atoms with E-state index in [1.54, 1.807) is 0 Å². The fourth-order valence-electron chi connectivity index (χ4n) is 4.89. The summed E-state index contributed by atoms with van der Waals surface area (Å²) in [5.74, 6) is -0.586. The van der Waals surface area contributed by atoms with Crippen LogP contribution in [0, 0.1) is 0 Å². The lowest BCUT2D eigenvalue weighted by molar-refractivity contribution is -0.140. The zero-order valence-corrected chi connectivity index (χ0v) is 19.2. The van der Waals surface area contributed by atoms with Crippen molar-refractivity contribution in [2.75, 3.05) is 14.1 Å². The first-order valence-electron chi connectivity index (χ1n) is 10.8. The van der Waals surface area contributed by atoms with Crippen LogP contribution in [0.3, 0.4) is 0 Å². The summed E-state index contributed by atoms with van der Waals surface area (Å²) < 4.78 is 40.7. The number of hydrogen-bond acceptors (Lipinski definition) is 3. The Morgan fingerprint density at radius 1 is 1.09 bits per heavy atom. The van der Waals surface area contributed by atoms with E-state index < -0.39 is 23.8 Å². The number of aromatic nitrogens is 1. The third kappa shape index (κ3) is 4.57. The van der Waals surface area contributed by atoms with Crippen molar-refractivity contribution in [2.24, 2.45) is 0 Å². The van der Waals surface area contributed by atoms with Crippen molar-refractivity contribution < 1.29 is 18.0 Å². The first-order chi connectivity index (χ1) is 15.6. The van der Waals surface area contributed by atoms with E-state index in [1.807, 2.05) is 44.4 Å². The maximum Gasteiger partial charge on any atom is 0.433 e. The van der Waals surface area contributed by atoms with Gasteiger partial charge in [-0.25, -0.2) is 4.98 Å². The van der Waals surface area contributed by atoms with E-state index >= 15 is 0 Å². The first-order valence-corrected chi connectivity index (χ1v) is 11.2. The van der Waals surface area contributed by atoms with Gasteiger partial charge in [-0.1, -0.05) is 54.8 Å². The van der Waals surface area contributed by atoms with Crippen molar-refractivity contribution in [1.82, 2.24) is 15.2 Å². The van der Waals surface area contributed by atoms with E-state index in [4.69, 9.17) is 11.6 Å². The third-order valence-electron chi connectivity index (χ3n) is 6.61. The van der Waals surface area contributed by atoms with Gasteiger partial charge in [0.2, 0.25) is 0 Å². The number of halogens is 4. The topological polar surface area (TPSA) is 45.2 Å². The van der Waals surface area contributed by atoms with Gasteiger partial charge in [0.15, 0.2) is 0 Å². The Hall–Kier alpha value is -2.64. The Labute approximate surface area is 195 Å². The minimum atomic E-state index is -4.68. The highest BCUT2D eigenvalue weighted by Gasteiger charge is 2.45. The molecule has 0 spiro atoms. The molecule has 174 valence electrons. The van der Waals surface area contributed by atoms with Gasteiger partial charge in [0.1, 0.15) is 5.69 Å². The average Bonchev–Trinajstić information content (AvgIpc) is 3.27. The number of nitrogens with zero attached hydrogens (tertiary/aromatic N) is 2. The standard InChI is InChI=1S/C25H25ClF3N3O/c1-32(2)24(12-6-7-13-24)22(16-8-4-3-5-9-16)31-23(33)19-15-21(25(27,28)29)30-20-11-10-17(26)14-18(19)20/h3-5,8-11,14-15,22H,6-7,12-13H2,1-2H3,(H,31,33). The Morgan fingerprint density at radius 2 is 1.76 bits per heavy atom. The predicted molar refractivity (Wildman–Crippen MR) is 123 cm³/mol. The lowest BCUT2D eigenvalue weighted by atomic mass is 9.82. The van der Waals surface area contributed by atoms with Crippen LogP contribution < -0.4 is 5.32 Å². The van der Waals surface area contributed by atoms with Gasteiger partial charge in [-0.15, -0.1) is 0 Å². The Kier molecular flexibility index (Phi) is 6.38. The molecular formula is C25H25ClF3N3O. The summed E-state index contributed by atoms with van der Waals surface area (Å²) in [4.78, 5) is 19.4. The molecule has 8 heteroatoms. The maximum atomic E-state index is 13.6. The van der Waals surface area contributed by atoms with Crippen molar-refractivity contribution in [2.45, 2.75) is 43.4 Å². The number of pyridine rings is 1. The number of hydrogen-bond donors (Lipinski definition) is 1. The number of fused-ring (bicyclic) bond motifs is 1. The monoisotopic (exact) mass is 475 g/mol. The molecule has 1 saturated carbocycles. The zero-order valence-electron chi connectivity index (χ0n) is 18.4. The van der Waals surface area contributed by atoms with Gasteiger partial charge in [0.25, 0.3) is 5.91 Å². The molecule has 1 fully saturated rings. The molecule has 0 radical (unpaired) electrons. The van der Waals surface area contributed by atoms with Crippen molar-refractivity contribution in [1.29, 1.82) is 0 Å². The van der Waals surface area contributed by atoms with E-state index in [-0.39, 0.29) is 22.0 Å². The van der Waals surface area contributed by atoms with Gasteiger partial charge < -0.3 is 10.2 Å². The highest BCUT2D eigenvalue weighted by molar-refractivity contribution is 6.31. The minimum absolute atomic E-state index is 0.0684. The Bertz CT molecular complexity index is 1160. The lowest BCUT2D eigenvalue weighted by Crippen LogP contribution is -2.53. The molecule has 1 heterocycles. The summed E-state index contributed by atoms with van der Waals surface area (Å²) in [7, 11) is 3.97. The van der Waals surface area contributed by atoms with Crippen LogP contribution in [0.2, 0.25) is 5.02 Å². The molecular weight excluding hydrogens is 451 g/mol. The van der Waals surface area contributed by atoms with Crippen LogP contribution in [0.1, 0.15) is 53.3 Å². The summed E-state index contributed by atoms with van der Waals surface area (Å²) >= 11 is 6.11. The summed E-state index contributed by atoms with van der Waals surface area (Å²) in [5, 5.41) is 3.69. The second-order valence-electron chi connectivity index (χ2n) is 8.74. The Balaban J connectivity index is 1.83. The number of rotatable bonds is 5. The van der Waals surface area contributed by atoms with Crippen LogP contribution in [-0.4, -0.2) is 35.4 Å². The number of alkyl halides is 3.